The van der Waals surface area contributed by atoms with Crippen LogP contribution in [0.5, 0.6) is 0 Å². The molecule has 0 aromatic rings. The molecule has 2 fully saturated rings. The van der Waals surface area contributed by atoms with Crippen LogP contribution >= 0.6 is 0 Å². The van der Waals surface area contributed by atoms with Crippen molar-refractivity contribution in [3.05, 3.63) is 23.7 Å². The van der Waals surface area contributed by atoms with Crippen molar-refractivity contribution in [1.82, 2.24) is 0 Å². The summed E-state index contributed by atoms with van der Waals surface area (Å²) in [6.45, 7) is 3.57. The average Bonchev–Trinajstić information content (AvgIpc) is 3.23. The molecule has 2 rings (SSSR count). The molecule has 146 valence electrons. The van der Waals surface area contributed by atoms with Crippen LogP contribution in [0.4, 0.5) is 9.59 Å². The van der Waals surface area contributed by atoms with Gasteiger partial charge in [-0.15, -0.1) is 0 Å². The second kappa shape index (κ2) is 12.3. The third-order valence-electron chi connectivity index (χ3n) is 3.07. The minimum absolute atomic E-state index is 0.152. The van der Waals surface area contributed by atoms with Gasteiger partial charge < -0.3 is 37.9 Å². The predicted octanol–water partition coefficient (Wildman–Crippen LogP) is 1.15. The number of carbonyl (C=O) groups is 2. The molecule has 0 radical (unpaired) electrons. The maximum atomic E-state index is 10.7. The van der Waals surface area contributed by atoms with Crippen LogP contribution in [0.3, 0.4) is 0 Å². The quantitative estimate of drug-likeness (QED) is 0.344. The van der Waals surface area contributed by atoms with Gasteiger partial charge in [0.2, 0.25) is 0 Å². The number of rotatable bonds is 13. The maximum absolute atomic E-state index is 10.7. The molecule has 0 saturated carbocycles. The van der Waals surface area contributed by atoms with Crippen LogP contribution in [0, 0.1) is 0 Å². The Balaban J connectivity index is 1.29. The molecule has 0 unspecified atom stereocenters. The van der Waals surface area contributed by atoms with Gasteiger partial charge in [0, 0.05) is 0 Å². The highest BCUT2D eigenvalue weighted by atomic mass is 16.8. The lowest BCUT2D eigenvalue weighted by Crippen LogP contribution is -2.12. The van der Waals surface area contributed by atoms with E-state index in [1.54, 1.807) is 12.2 Å². The van der Waals surface area contributed by atoms with Crippen molar-refractivity contribution in [2.75, 3.05) is 66.1 Å². The van der Waals surface area contributed by atoms with Gasteiger partial charge in [0.05, 0.1) is 52.9 Å². The molecule has 2 heterocycles. The molecular weight excluding hydrogens is 352 g/mol. The molecule has 2 aliphatic rings. The number of ether oxygens (including phenoxy) is 8. The van der Waals surface area contributed by atoms with E-state index in [1.165, 1.54) is 0 Å². The van der Waals surface area contributed by atoms with Gasteiger partial charge in [-0.2, -0.15) is 0 Å². The van der Waals surface area contributed by atoms with Gasteiger partial charge in [-0.1, -0.05) is 0 Å². The lowest BCUT2D eigenvalue weighted by atomic mass is 10.5. The van der Waals surface area contributed by atoms with Gasteiger partial charge in [0.1, 0.15) is 11.5 Å². The minimum Gasteiger partial charge on any atom is -0.426 e. The summed E-state index contributed by atoms with van der Waals surface area (Å²) in [7, 11) is 0. The van der Waals surface area contributed by atoms with E-state index in [9.17, 15) is 9.59 Å². The second-order valence-electron chi connectivity index (χ2n) is 5.00. The number of carbonyl (C=O) groups excluding carboxylic acids is 2. The molecule has 0 aromatic carbocycles. The summed E-state index contributed by atoms with van der Waals surface area (Å²) < 4.78 is 39.9. The number of cyclic esters (lactones) is 4. The fourth-order valence-corrected chi connectivity index (χ4v) is 1.82. The molecule has 0 bridgehead atoms. The van der Waals surface area contributed by atoms with Crippen molar-refractivity contribution in [1.29, 1.82) is 0 Å². The summed E-state index contributed by atoms with van der Waals surface area (Å²) in [5.74, 6) is 0.917. The first-order chi connectivity index (χ1) is 12.7. The van der Waals surface area contributed by atoms with Crippen molar-refractivity contribution < 1.29 is 47.5 Å². The third kappa shape index (κ3) is 8.81. The Morgan fingerprint density at radius 3 is 1.38 bits per heavy atom. The maximum Gasteiger partial charge on any atom is 0.514 e. The van der Waals surface area contributed by atoms with E-state index < -0.39 is 12.3 Å². The molecule has 2 saturated heterocycles. The van der Waals surface area contributed by atoms with E-state index in [4.69, 9.17) is 28.4 Å². The van der Waals surface area contributed by atoms with Crippen molar-refractivity contribution in [3.63, 3.8) is 0 Å². The fourth-order valence-electron chi connectivity index (χ4n) is 1.82. The van der Waals surface area contributed by atoms with Crippen molar-refractivity contribution >= 4 is 12.3 Å². The van der Waals surface area contributed by atoms with Gasteiger partial charge in [-0.25, -0.2) is 9.59 Å². The first kappa shape index (κ1) is 20.2. The number of hydrogen-bond acceptors (Lipinski definition) is 10. The van der Waals surface area contributed by atoms with Crippen LogP contribution in [0.15, 0.2) is 23.7 Å². The zero-order valence-corrected chi connectivity index (χ0v) is 14.3. The Kier molecular flexibility index (Phi) is 9.51. The highest BCUT2D eigenvalue weighted by molar-refractivity contribution is 5.64. The topological polar surface area (TPSA) is 108 Å². The normalized spacial score (nSPS) is 19.5. The van der Waals surface area contributed by atoms with Crippen molar-refractivity contribution in [2.45, 2.75) is 0 Å². The largest absolute Gasteiger partial charge is 0.514 e. The second-order valence-corrected chi connectivity index (χ2v) is 5.00. The van der Waals surface area contributed by atoms with Gasteiger partial charge in [-0.05, 0) is 12.2 Å². The summed E-state index contributed by atoms with van der Waals surface area (Å²) in [6, 6.07) is 0. The highest BCUT2D eigenvalue weighted by Gasteiger charge is 2.18. The summed E-state index contributed by atoms with van der Waals surface area (Å²) >= 11 is 0. The van der Waals surface area contributed by atoms with Gasteiger partial charge in [0.25, 0.3) is 0 Å². The number of hydrogen-bond donors (Lipinski definition) is 0. The zero-order valence-electron chi connectivity index (χ0n) is 14.3. The zero-order chi connectivity index (χ0) is 18.5. The SMILES string of the molecule is O=C1OCC(=CCOCCOCCOCCOC/C=C2\COC(=O)O2)O1. The molecule has 0 aromatic heterocycles. The molecule has 0 N–H and O–H groups in total. The minimum atomic E-state index is -0.684. The molecule has 0 spiro atoms. The molecule has 10 heteroatoms. The molecule has 10 nitrogen and oxygen atoms in total. The third-order valence-corrected chi connectivity index (χ3v) is 3.07. The van der Waals surface area contributed by atoms with Crippen LogP contribution in [-0.4, -0.2) is 78.4 Å². The van der Waals surface area contributed by atoms with E-state index in [0.29, 0.717) is 64.4 Å². The predicted molar refractivity (Wildman–Crippen MR) is 84.3 cm³/mol. The molecule has 0 atom stereocenters. The summed E-state index contributed by atoms with van der Waals surface area (Å²) in [5, 5.41) is 0. The molecule has 2 aliphatic heterocycles. The van der Waals surface area contributed by atoms with Crippen LogP contribution in [0.1, 0.15) is 0 Å². The van der Waals surface area contributed by atoms with Crippen LogP contribution in [0.2, 0.25) is 0 Å². The molecule has 0 amide bonds. The van der Waals surface area contributed by atoms with Gasteiger partial charge in [-0.3, -0.25) is 0 Å². The standard InChI is InChI=1S/C16H22O10/c17-15-23-11-13(25-15)1-3-19-5-7-21-9-10-22-8-6-20-4-2-14-12-24-16(18)26-14/h1-2H,3-12H2/b13-1+,14-2?. The van der Waals surface area contributed by atoms with E-state index in [-0.39, 0.29) is 13.2 Å². The van der Waals surface area contributed by atoms with E-state index in [2.05, 4.69) is 9.47 Å². The lowest BCUT2D eigenvalue weighted by Gasteiger charge is -2.06. The van der Waals surface area contributed by atoms with Crippen LogP contribution in [0.25, 0.3) is 0 Å². The smallest absolute Gasteiger partial charge is 0.426 e. The summed E-state index contributed by atoms with van der Waals surface area (Å²) in [6.07, 6.45) is 1.92. The summed E-state index contributed by atoms with van der Waals surface area (Å²) in [5.41, 5.74) is 0. The van der Waals surface area contributed by atoms with E-state index in [1.807, 2.05) is 0 Å². The van der Waals surface area contributed by atoms with Gasteiger partial charge in [0.15, 0.2) is 13.2 Å². The highest BCUT2D eigenvalue weighted by Crippen LogP contribution is 2.09. The Morgan fingerprint density at radius 2 is 1.04 bits per heavy atom. The Morgan fingerprint density at radius 1 is 0.654 bits per heavy atom. The molecular formula is C16H22O10. The van der Waals surface area contributed by atoms with E-state index >= 15 is 0 Å². The first-order valence-corrected chi connectivity index (χ1v) is 8.12. The van der Waals surface area contributed by atoms with Crippen LogP contribution in [-0.2, 0) is 37.9 Å². The Labute approximate surface area is 150 Å². The van der Waals surface area contributed by atoms with Gasteiger partial charge >= 0.3 is 12.3 Å². The monoisotopic (exact) mass is 374 g/mol. The van der Waals surface area contributed by atoms with Crippen molar-refractivity contribution in [3.8, 4) is 0 Å². The van der Waals surface area contributed by atoms with Crippen molar-refractivity contribution in [2.24, 2.45) is 0 Å². The fraction of sp³-hybridized carbons (Fsp3) is 0.625. The Hall–Kier alpha value is -2.14. The average molecular weight is 374 g/mol. The Bertz CT molecular complexity index is 467. The molecule has 0 aliphatic carbocycles. The molecule has 26 heavy (non-hydrogen) atoms. The summed E-state index contributed by atoms with van der Waals surface area (Å²) in [4.78, 5) is 21.3. The first-order valence-electron chi connectivity index (χ1n) is 8.12. The van der Waals surface area contributed by atoms with Crippen LogP contribution < -0.4 is 0 Å². The lowest BCUT2D eigenvalue weighted by molar-refractivity contribution is 0.00367. The van der Waals surface area contributed by atoms with E-state index in [0.717, 1.165) is 0 Å².